The van der Waals surface area contributed by atoms with Crippen molar-refractivity contribution in [1.82, 2.24) is 19.9 Å². The number of aromatic nitrogens is 4. The van der Waals surface area contributed by atoms with E-state index in [1.807, 2.05) is 13.8 Å². The number of amides is 1. The molecule has 0 saturated heterocycles. The highest BCUT2D eigenvalue weighted by atomic mass is 35.5. The van der Waals surface area contributed by atoms with Crippen LogP contribution < -0.4 is 5.32 Å². The summed E-state index contributed by atoms with van der Waals surface area (Å²) in [6, 6.07) is 1.53. The Bertz CT molecular complexity index is 929. The van der Waals surface area contributed by atoms with Crippen molar-refractivity contribution in [1.29, 1.82) is 0 Å². The molecule has 3 rings (SSSR count). The van der Waals surface area contributed by atoms with Crippen LogP contribution in [-0.4, -0.2) is 25.8 Å². The summed E-state index contributed by atoms with van der Waals surface area (Å²) in [6.45, 7) is 9.85. The molecule has 3 aromatic rings. The first-order valence-corrected chi connectivity index (χ1v) is 8.94. The van der Waals surface area contributed by atoms with Crippen molar-refractivity contribution in [2.45, 2.75) is 27.3 Å². The van der Waals surface area contributed by atoms with Gasteiger partial charge in [-0.15, -0.1) is 0 Å². The Hall–Kier alpha value is -2.64. The standard InChI is InChI=1S/C16H13Cl2N5O2.C2H6/c1-9(2)15-3-14(22-25-15)16(24)21-10-4-20-23(7-10)8-11-12(17)5-19-6-13(11)18;1-2/h3-7H,1,8H2,2H3,(H,21,24);1-2H3. The number of halogens is 2. The predicted octanol–water partition coefficient (Wildman–Crippen LogP) is 4.93. The molecular formula is C18H19Cl2N5O2. The van der Waals surface area contributed by atoms with E-state index >= 15 is 0 Å². The van der Waals surface area contributed by atoms with E-state index in [4.69, 9.17) is 27.7 Å². The van der Waals surface area contributed by atoms with E-state index in [2.05, 4.69) is 27.1 Å². The molecule has 1 N–H and O–H groups in total. The predicted molar refractivity (Wildman–Crippen MR) is 106 cm³/mol. The molecule has 0 saturated carbocycles. The van der Waals surface area contributed by atoms with Gasteiger partial charge in [0.25, 0.3) is 5.91 Å². The third kappa shape index (κ3) is 5.18. The van der Waals surface area contributed by atoms with E-state index in [9.17, 15) is 4.79 Å². The molecule has 1 amide bonds. The number of rotatable bonds is 5. The zero-order chi connectivity index (χ0) is 20.0. The highest BCUT2D eigenvalue weighted by Gasteiger charge is 2.14. The molecule has 0 atom stereocenters. The minimum Gasteiger partial charge on any atom is -0.356 e. The van der Waals surface area contributed by atoms with Crippen molar-refractivity contribution in [3.63, 3.8) is 0 Å². The van der Waals surface area contributed by atoms with Crippen molar-refractivity contribution in [3.05, 3.63) is 64.5 Å². The highest BCUT2D eigenvalue weighted by molar-refractivity contribution is 6.35. The summed E-state index contributed by atoms with van der Waals surface area (Å²) >= 11 is 12.2. The number of nitrogens with zero attached hydrogens (tertiary/aromatic N) is 4. The van der Waals surface area contributed by atoms with E-state index in [0.29, 0.717) is 39.2 Å². The lowest BCUT2D eigenvalue weighted by Crippen LogP contribution is -2.11. The van der Waals surface area contributed by atoms with Gasteiger partial charge in [-0.1, -0.05) is 48.8 Å². The fourth-order valence-corrected chi connectivity index (χ4v) is 2.53. The Morgan fingerprint density at radius 3 is 2.52 bits per heavy atom. The number of nitrogens with one attached hydrogen (secondary N) is 1. The number of carbonyl (C=O) groups excluding carboxylic acids is 1. The quantitative estimate of drug-likeness (QED) is 0.647. The molecule has 27 heavy (non-hydrogen) atoms. The average Bonchev–Trinajstić information content (AvgIpc) is 3.30. The lowest BCUT2D eigenvalue weighted by Gasteiger charge is -2.06. The molecule has 142 valence electrons. The van der Waals surface area contributed by atoms with Gasteiger partial charge >= 0.3 is 0 Å². The zero-order valence-electron chi connectivity index (χ0n) is 15.2. The van der Waals surface area contributed by atoms with Gasteiger partial charge in [0.2, 0.25) is 0 Å². The normalized spacial score (nSPS) is 10.1. The molecule has 9 heteroatoms. The van der Waals surface area contributed by atoms with Gasteiger partial charge < -0.3 is 9.84 Å². The van der Waals surface area contributed by atoms with Crippen molar-refractivity contribution >= 4 is 40.4 Å². The first-order valence-electron chi connectivity index (χ1n) is 8.18. The van der Waals surface area contributed by atoms with Crippen LogP contribution in [0.4, 0.5) is 5.69 Å². The summed E-state index contributed by atoms with van der Waals surface area (Å²) in [5.41, 5.74) is 2.05. The Balaban J connectivity index is 0.00000126. The molecule has 0 aromatic carbocycles. The molecule has 3 aromatic heterocycles. The molecule has 3 heterocycles. The molecule has 0 fully saturated rings. The van der Waals surface area contributed by atoms with Gasteiger partial charge in [-0.05, 0) is 12.5 Å². The van der Waals surface area contributed by atoms with Gasteiger partial charge in [-0.25, -0.2) is 0 Å². The van der Waals surface area contributed by atoms with E-state index in [1.54, 1.807) is 17.8 Å². The SMILES string of the molecule is C=C(C)c1cc(C(=O)Nc2cnn(Cc3c(Cl)cncc3Cl)c2)no1.CC. The van der Waals surface area contributed by atoms with Crippen LogP contribution in [0.3, 0.4) is 0 Å². The minimum atomic E-state index is -0.407. The topological polar surface area (TPSA) is 85.8 Å². The largest absolute Gasteiger partial charge is 0.356 e. The van der Waals surface area contributed by atoms with E-state index in [0.717, 1.165) is 0 Å². The second kappa shape index (κ2) is 9.34. The van der Waals surface area contributed by atoms with Crippen molar-refractivity contribution < 1.29 is 9.32 Å². The number of hydrogen-bond donors (Lipinski definition) is 1. The van der Waals surface area contributed by atoms with Gasteiger partial charge in [0.1, 0.15) is 0 Å². The maximum Gasteiger partial charge on any atom is 0.277 e. The minimum absolute atomic E-state index is 0.158. The number of carbonyl (C=O) groups is 1. The maximum absolute atomic E-state index is 12.2. The fourth-order valence-electron chi connectivity index (χ4n) is 2.04. The molecule has 0 aliphatic carbocycles. The molecule has 0 spiro atoms. The highest BCUT2D eigenvalue weighted by Crippen LogP contribution is 2.24. The average molecular weight is 408 g/mol. The molecular weight excluding hydrogens is 389 g/mol. The summed E-state index contributed by atoms with van der Waals surface area (Å²) in [4.78, 5) is 16.1. The number of anilines is 1. The maximum atomic E-state index is 12.2. The number of allylic oxidation sites excluding steroid dienone is 1. The second-order valence-electron chi connectivity index (χ2n) is 5.32. The van der Waals surface area contributed by atoms with Crippen molar-refractivity contribution in [2.75, 3.05) is 5.32 Å². The van der Waals surface area contributed by atoms with E-state index in [-0.39, 0.29) is 5.69 Å². The summed E-state index contributed by atoms with van der Waals surface area (Å²) in [5, 5.41) is 11.5. The Labute approximate surface area is 167 Å². The van der Waals surface area contributed by atoms with Gasteiger partial charge in [-0.2, -0.15) is 5.10 Å². The smallest absolute Gasteiger partial charge is 0.277 e. The van der Waals surface area contributed by atoms with E-state index < -0.39 is 5.91 Å². The first-order chi connectivity index (χ1) is 12.9. The van der Waals surface area contributed by atoms with Crippen molar-refractivity contribution in [2.24, 2.45) is 0 Å². The van der Waals surface area contributed by atoms with Crippen molar-refractivity contribution in [3.8, 4) is 0 Å². The van der Waals surface area contributed by atoms with Gasteiger partial charge in [0.15, 0.2) is 11.5 Å². The Morgan fingerprint density at radius 2 is 1.93 bits per heavy atom. The lowest BCUT2D eigenvalue weighted by molar-refractivity contribution is 0.101. The second-order valence-corrected chi connectivity index (χ2v) is 6.13. The van der Waals surface area contributed by atoms with Crippen LogP contribution in [0.2, 0.25) is 10.0 Å². The number of pyridine rings is 1. The van der Waals surface area contributed by atoms with E-state index in [1.165, 1.54) is 24.7 Å². The summed E-state index contributed by atoms with van der Waals surface area (Å²) < 4.78 is 6.63. The molecule has 0 aliphatic heterocycles. The Kier molecular flexibility index (Phi) is 7.15. The molecule has 0 bridgehead atoms. The molecule has 7 nitrogen and oxygen atoms in total. The first kappa shape index (κ1) is 20.7. The zero-order valence-corrected chi connectivity index (χ0v) is 16.7. The summed E-state index contributed by atoms with van der Waals surface area (Å²) in [6.07, 6.45) is 6.20. The van der Waals surface area contributed by atoms with Crippen LogP contribution >= 0.6 is 23.2 Å². The van der Waals surface area contributed by atoms with Gasteiger partial charge in [0.05, 0.1) is 28.5 Å². The Morgan fingerprint density at radius 1 is 1.26 bits per heavy atom. The van der Waals surface area contributed by atoms with Crippen LogP contribution in [0.25, 0.3) is 5.57 Å². The summed E-state index contributed by atoms with van der Waals surface area (Å²) in [5.74, 6) is 0.0543. The molecule has 0 aliphatic rings. The number of hydrogen-bond acceptors (Lipinski definition) is 5. The molecule has 0 unspecified atom stereocenters. The van der Waals surface area contributed by atoms with Gasteiger partial charge in [0, 0.05) is 30.2 Å². The van der Waals surface area contributed by atoms with Crippen LogP contribution in [0.5, 0.6) is 0 Å². The summed E-state index contributed by atoms with van der Waals surface area (Å²) in [7, 11) is 0. The monoisotopic (exact) mass is 407 g/mol. The third-order valence-electron chi connectivity index (χ3n) is 3.33. The van der Waals surface area contributed by atoms with Crippen LogP contribution in [0, 0.1) is 0 Å². The van der Waals surface area contributed by atoms with Crippen LogP contribution in [0.15, 0.2) is 42.0 Å². The fraction of sp³-hybridized carbons (Fsp3) is 0.222. The van der Waals surface area contributed by atoms with Crippen LogP contribution in [0.1, 0.15) is 42.6 Å². The lowest BCUT2D eigenvalue weighted by atomic mass is 10.2. The van der Waals surface area contributed by atoms with Gasteiger partial charge in [-0.3, -0.25) is 14.5 Å². The third-order valence-corrected chi connectivity index (χ3v) is 3.98. The molecule has 0 radical (unpaired) electrons. The van der Waals surface area contributed by atoms with Crippen LogP contribution in [-0.2, 0) is 6.54 Å².